The lowest BCUT2D eigenvalue weighted by molar-refractivity contribution is 0.415. The van der Waals surface area contributed by atoms with Gasteiger partial charge in [0.1, 0.15) is 5.75 Å². The van der Waals surface area contributed by atoms with Crippen LogP contribution in [0, 0.1) is 0 Å². The summed E-state index contributed by atoms with van der Waals surface area (Å²) in [6, 6.07) is 5.68. The van der Waals surface area contributed by atoms with Crippen molar-refractivity contribution in [2.24, 2.45) is 0 Å². The largest absolute Gasteiger partial charge is 0.497 e. The maximum Gasteiger partial charge on any atom is 0.121 e. The highest BCUT2D eigenvalue weighted by Crippen LogP contribution is 2.24. The lowest BCUT2D eigenvalue weighted by Crippen LogP contribution is -2.04. The van der Waals surface area contributed by atoms with Crippen LogP contribution in [0.2, 0.25) is 0 Å². The summed E-state index contributed by atoms with van der Waals surface area (Å²) < 4.78 is 5.16. The minimum atomic E-state index is 0.774. The summed E-state index contributed by atoms with van der Waals surface area (Å²) in [6.07, 6.45) is 5.02. The quantitative estimate of drug-likeness (QED) is 0.550. The van der Waals surface area contributed by atoms with Crippen LogP contribution in [0.1, 0.15) is 32.6 Å². The first-order chi connectivity index (χ1) is 7.77. The molecule has 0 unspecified atom stereocenters. The van der Waals surface area contributed by atoms with Crippen molar-refractivity contribution >= 4 is 11.4 Å². The Labute approximate surface area is 98.0 Å². The van der Waals surface area contributed by atoms with E-state index in [1.165, 1.54) is 25.7 Å². The van der Waals surface area contributed by atoms with Gasteiger partial charge in [0.15, 0.2) is 0 Å². The summed E-state index contributed by atoms with van der Waals surface area (Å²) >= 11 is 0. The Morgan fingerprint density at radius 2 is 2.06 bits per heavy atom. The highest BCUT2D eigenvalue weighted by atomic mass is 16.5. The van der Waals surface area contributed by atoms with Gasteiger partial charge in [-0.2, -0.15) is 0 Å². The van der Waals surface area contributed by atoms with Gasteiger partial charge >= 0.3 is 0 Å². The van der Waals surface area contributed by atoms with Crippen LogP contribution in [0.25, 0.3) is 0 Å². The van der Waals surface area contributed by atoms with Crippen molar-refractivity contribution in [1.29, 1.82) is 0 Å². The van der Waals surface area contributed by atoms with E-state index in [-0.39, 0.29) is 0 Å². The molecule has 0 saturated carbocycles. The molecule has 0 aromatic heterocycles. The van der Waals surface area contributed by atoms with E-state index in [0.717, 1.165) is 23.7 Å². The molecule has 0 heterocycles. The van der Waals surface area contributed by atoms with E-state index in [4.69, 9.17) is 10.5 Å². The molecule has 0 spiro atoms. The number of methoxy groups -OCH3 is 1. The first-order valence-corrected chi connectivity index (χ1v) is 5.95. The lowest BCUT2D eigenvalue weighted by atomic mass is 10.2. The Hall–Kier alpha value is -1.38. The molecule has 0 amide bonds. The zero-order valence-corrected chi connectivity index (χ0v) is 10.3. The Kier molecular flexibility index (Phi) is 5.54. The molecular weight excluding hydrogens is 200 g/mol. The number of unbranched alkanes of at least 4 members (excludes halogenated alkanes) is 3. The van der Waals surface area contributed by atoms with Crippen LogP contribution in [0.4, 0.5) is 11.4 Å². The fourth-order valence-corrected chi connectivity index (χ4v) is 1.59. The van der Waals surface area contributed by atoms with Crippen molar-refractivity contribution in [2.45, 2.75) is 32.6 Å². The van der Waals surface area contributed by atoms with E-state index < -0.39 is 0 Å². The fourth-order valence-electron chi connectivity index (χ4n) is 1.59. The summed E-state index contributed by atoms with van der Waals surface area (Å²) in [5.74, 6) is 0.838. The van der Waals surface area contributed by atoms with E-state index in [0.29, 0.717) is 0 Å². The summed E-state index contributed by atoms with van der Waals surface area (Å²) in [5.41, 5.74) is 7.61. The standard InChI is InChI=1S/C13H22N2O/c1-3-4-5-6-9-15-13-10-11(16-2)7-8-12(13)14/h7-8,10,15H,3-6,9,14H2,1-2H3. The van der Waals surface area contributed by atoms with Gasteiger partial charge in [-0.3, -0.25) is 0 Å². The van der Waals surface area contributed by atoms with Crippen LogP contribution in [0.5, 0.6) is 5.75 Å². The molecule has 3 nitrogen and oxygen atoms in total. The van der Waals surface area contributed by atoms with Crippen molar-refractivity contribution in [3.8, 4) is 5.75 Å². The average molecular weight is 222 g/mol. The highest BCUT2D eigenvalue weighted by Gasteiger charge is 2.00. The molecule has 0 fully saturated rings. The molecule has 0 aliphatic carbocycles. The third kappa shape index (κ3) is 4.01. The summed E-state index contributed by atoms with van der Waals surface area (Å²) in [6.45, 7) is 3.19. The Balaban J connectivity index is 2.40. The Morgan fingerprint density at radius 3 is 2.75 bits per heavy atom. The molecule has 3 heteroatoms. The number of hydrogen-bond donors (Lipinski definition) is 2. The molecule has 0 aliphatic heterocycles. The van der Waals surface area contributed by atoms with Gasteiger partial charge in [0, 0.05) is 12.6 Å². The first kappa shape index (κ1) is 12.7. The van der Waals surface area contributed by atoms with Crippen molar-refractivity contribution in [3.05, 3.63) is 18.2 Å². The van der Waals surface area contributed by atoms with Gasteiger partial charge in [0.25, 0.3) is 0 Å². The monoisotopic (exact) mass is 222 g/mol. The zero-order valence-electron chi connectivity index (χ0n) is 10.3. The van der Waals surface area contributed by atoms with Gasteiger partial charge in [0.2, 0.25) is 0 Å². The SMILES string of the molecule is CCCCCCNc1cc(OC)ccc1N. The number of rotatable bonds is 7. The van der Waals surface area contributed by atoms with Gasteiger partial charge in [-0.05, 0) is 18.6 Å². The number of nitrogens with two attached hydrogens (primary N) is 1. The summed E-state index contributed by atoms with van der Waals surface area (Å²) in [5, 5.41) is 3.34. The predicted molar refractivity (Wildman–Crippen MR) is 70.0 cm³/mol. The molecule has 0 aliphatic rings. The highest BCUT2D eigenvalue weighted by molar-refractivity contribution is 5.68. The van der Waals surface area contributed by atoms with Crippen LogP contribution >= 0.6 is 0 Å². The molecule has 1 aromatic rings. The van der Waals surface area contributed by atoms with E-state index >= 15 is 0 Å². The van der Waals surface area contributed by atoms with Gasteiger partial charge in [-0.25, -0.2) is 0 Å². The molecule has 1 aromatic carbocycles. The second-order valence-corrected chi connectivity index (χ2v) is 3.94. The van der Waals surface area contributed by atoms with E-state index in [2.05, 4.69) is 12.2 Å². The van der Waals surface area contributed by atoms with Crippen LogP contribution in [-0.2, 0) is 0 Å². The number of benzene rings is 1. The van der Waals surface area contributed by atoms with E-state index in [9.17, 15) is 0 Å². The third-order valence-corrected chi connectivity index (χ3v) is 2.61. The molecular formula is C13H22N2O. The number of nitrogens with one attached hydrogen (secondary N) is 1. The molecule has 16 heavy (non-hydrogen) atoms. The molecule has 0 radical (unpaired) electrons. The van der Waals surface area contributed by atoms with Crippen molar-refractivity contribution in [3.63, 3.8) is 0 Å². The third-order valence-electron chi connectivity index (χ3n) is 2.61. The Bertz CT molecular complexity index is 313. The fraction of sp³-hybridized carbons (Fsp3) is 0.538. The zero-order chi connectivity index (χ0) is 11.8. The number of hydrogen-bond acceptors (Lipinski definition) is 3. The van der Waals surface area contributed by atoms with Crippen LogP contribution in [0.3, 0.4) is 0 Å². The number of anilines is 2. The maximum absolute atomic E-state index is 5.87. The molecule has 90 valence electrons. The second-order valence-electron chi connectivity index (χ2n) is 3.94. The second kappa shape index (κ2) is 6.99. The van der Waals surface area contributed by atoms with E-state index in [1.54, 1.807) is 7.11 Å². The summed E-state index contributed by atoms with van der Waals surface area (Å²) in [7, 11) is 1.66. The molecule has 3 N–H and O–H groups in total. The first-order valence-electron chi connectivity index (χ1n) is 5.95. The van der Waals surface area contributed by atoms with Crippen LogP contribution < -0.4 is 15.8 Å². The van der Waals surface area contributed by atoms with Crippen molar-refractivity contribution in [2.75, 3.05) is 24.7 Å². The maximum atomic E-state index is 5.87. The molecule has 0 bridgehead atoms. The van der Waals surface area contributed by atoms with E-state index in [1.807, 2.05) is 18.2 Å². The van der Waals surface area contributed by atoms with Crippen LogP contribution in [0.15, 0.2) is 18.2 Å². The smallest absolute Gasteiger partial charge is 0.121 e. The summed E-state index contributed by atoms with van der Waals surface area (Å²) in [4.78, 5) is 0. The normalized spacial score (nSPS) is 10.1. The Morgan fingerprint density at radius 1 is 1.25 bits per heavy atom. The average Bonchev–Trinajstić information content (AvgIpc) is 2.31. The van der Waals surface area contributed by atoms with Gasteiger partial charge in [-0.1, -0.05) is 26.2 Å². The minimum absolute atomic E-state index is 0.774. The van der Waals surface area contributed by atoms with Crippen molar-refractivity contribution < 1.29 is 4.74 Å². The van der Waals surface area contributed by atoms with Gasteiger partial charge < -0.3 is 15.8 Å². The predicted octanol–water partition coefficient (Wildman–Crippen LogP) is 3.27. The van der Waals surface area contributed by atoms with Gasteiger partial charge in [-0.15, -0.1) is 0 Å². The lowest BCUT2D eigenvalue weighted by Gasteiger charge is -2.10. The number of ether oxygens (including phenoxy) is 1. The molecule has 1 rings (SSSR count). The van der Waals surface area contributed by atoms with Crippen molar-refractivity contribution in [1.82, 2.24) is 0 Å². The molecule has 0 atom stereocenters. The van der Waals surface area contributed by atoms with Gasteiger partial charge in [0.05, 0.1) is 18.5 Å². The van der Waals surface area contributed by atoms with Crippen LogP contribution in [-0.4, -0.2) is 13.7 Å². The molecule has 0 saturated heterocycles. The minimum Gasteiger partial charge on any atom is -0.497 e. The number of nitrogen functional groups attached to an aromatic ring is 1. The topological polar surface area (TPSA) is 47.3 Å².